The lowest BCUT2D eigenvalue weighted by molar-refractivity contribution is -0.116. The second-order valence-electron chi connectivity index (χ2n) is 10.7. The van der Waals surface area contributed by atoms with Crippen molar-refractivity contribution in [1.82, 2.24) is 35.4 Å². The molecule has 0 spiro atoms. The van der Waals surface area contributed by atoms with E-state index in [1.54, 1.807) is 11.8 Å². The number of carbonyl (C=O) groups excluding carboxylic acids is 2. The fourth-order valence-electron chi connectivity index (χ4n) is 4.93. The third-order valence-electron chi connectivity index (χ3n) is 7.33. The molecule has 14 nitrogen and oxygen atoms in total. The summed E-state index contributed by atoms with van der Waals surface area (Å²) in [5.74, 6) is 0.529. The minimum Gasteiger partial charge on any atom is -0.497 e. The maximum Gasteiger partial charge on any atom is 0.230 e. The average molecular weight is 660 g/mol. The molecule has 0 unspecified atom stereocenters. The highest BCUT2D eigenvalue weighted by Crippen LogP contribution is 2.29. The zero-order valence-corrected chi connectivity index (χ0v) is 26.8. The van der Waals surface area contributed by atoms with Crippen molar-refractivity contribution in [1.29, 1.82) is 0 Å². The van der Waals surface area contributed by atoms with Crippen LogP contribution in [0.1, 0.15) is 36.1 Å². The van der Waals surface area contributed by atoms with E-state index in [0.29, 0.717) is 28.4 Å². The standard InChI is InChI=1S/C30H33N11O3S2/c1-44-24-10-7-21(8-11-24)18-41-19-23(34-39-41)9-12-25(42)32-29-37-38-30(46-29)40-15-13-22(14-16-40)31-27-35-36-28(45-27)33-26(43)17-20-5-3-2-4-6-20/h2-8,10-11,19,22H,9,12-18H2,1H3,(H,31,35)(H,32,37,42)(H,33,36,43). The lowest BCUT2D eigenvalue weighted by Crippen LogP contribution is -2.39. The van der Waals surface area contributed by atoms with Crippen LogP contribution in [0.2, 0.25) is 0 Å². The van der Waals surface area contributed by atoms with Crippen LogP contribution >= 0.6 is 22.7 Å². The topological polar surface area (TPSA) is 165 Å². The number of nitrogens with zero attached hydrogens (tertiary/aromatic N) is 8. The van der Waals surface area contributed by atoms with Gasteiger partial charge < -0.3 is 25.6 Å². The van der Waals surface area contributed by atoms with Crippen molar-refractivity contribution >= 4 is 55.0 Å². The van der Waals surface area contributed by atoms with Crippen molar-refractivity contribution in [2.24, 2.45) is 0 Å². The summed E-state index contributed by atoms with van der Waals surface area (Å²) < 4.78 is 6.95. The summed E-state index contributed by atoms with van der Waals surface area (Å²) in [4.78, 5) is 27.1. The van der Waals surface area contributed by atoms with Crippen LogP contribution in [0.25, 0.3) is 0 Å². The van der Waals surface area contributed by atoms with Gasteiger partial charge in [-0.05, 0) is 36.1 Å². The van der Waals surface area contributed by atoms with Gasteiger partial charge in [0.1, 0.15) is 5.75 Å². The quantitative estimate of drug-likeness (QED) is 0.168. The Balaban J connectivity index is 0.901. The molecule has 3 aromatic heterocycles. The van der Waals surface area contributed by atoms with Gasteiger partial charge in [0.2, 0.25) is 32.3 Å². The molecule has 0 saturated carbocycles. The molecule has 238 valence electrons. The highest BCUT2D eigenvalue weighted by atomic mass is 32.1. The van der Waals surface area contributed by atoms with E-state index in [9.17, 15) is 9.59 Å². The van der Waals surface area contributed by atoms with E-state index in [4.69, 9.17) is 4.74 Å². The van der Waals surface area contributed by atoms with Crippen molar-refractivity contribution in [3.8, 4) is 5.75 Å². The SMILES string of the molecule is COc1ccc(Cn2cc(CCC(=O)Nc3nnc(N4CCC(Nc5nnc(NC(=O)Cc6ccccc6)s5)CC4)s3)nn2)cc1. The summed E-state index contributed by atoms with van der Waals surface area (Å²) in [6.45, 7) is 2.15. The van der Waals surface area contributed by atoms with Gasteiger partial charge in [-0.3, -0.25) is 9.59 Å². The van der Waals surface area contributed by atoms with Crippen LogP contribution in [0.3, 0.4) is 0 Å². The summed E-state index contributed by atoms with van der Waals surface area (Å²) in [6.07, 6.45) is 4.61. The molecule has 1 aliphatic heterocycles. The Labute approximate surface area is 273 Å². The highest BCUT2D eigenvalue weighted by molar-refractivity contribution is 7.19. The van der Waals surface area contributed by atoms with E-state index in [1.165, 1.54) is 22.7 Å². The average Bonchev–Trinajstić information content (AvgIpc) is 3.83. The van der Waals surface area contributed by atoms with Crippen LogP contribution in [-0.2, 0) is 29.0 Å². The van der Waals surface area contributed by atoms with Gasteiger partial charge in [-0.25, -0.2) is 4.68 Å². The minimum absolute atomic E-state index is 0.125. The second kappa shape index (κ2) is 14.9. The molecule has 6 rings (SSSR count). The molecular weight excluding hydrogens is 627 g/mol. The third-order valence-corrected chi connectivity index (χ3v) is 9.00. The molecule has 2 aromatic carbocycles. The maximum absolute atomic E-state index is 12.6. The lowest BCUT2D eigenvalue weighted by Gasteiger charge is -2.31. The number of amides is 2. The molecule has 2 amide bonds. The number of rotatable bonds is 13. The number of aromatic nitrogens is 7. The fourth-order valence-corrected chi connectivity index (χ4v) is 6.48. The Bertz CT molecular complexity index is 1730. The van der Waals surface area contributed by atoms with Crippen LogP contribution in [0.15, 0.2) is 60.8 Å². The molecule has 4 heterocycles. The fraction of sp³-hybridized carbons (Fsp3) is 0.333. The van der Waals surface area contributed by atoms with Crippen molar-refractivity contribution < 1.29 is 14.3 Å². The Kier molecular flexibility index (Phi) is 10.0. The predicted molar refractivity (Wildman–Crippen MR) is 177 cm³/mol. The number of hydrogen-bond donors (Lipinski definition) is 3. The number of ether oxygens (including phenoxy) is 1. The summed E-state index contributed by atoms with van der Waals surface area (Å²) in [6, 6.07) is 17.6. The first-order chi connectivity index (χ1) is 22.5. The third kappa shape index (κ3) is 8.60. The first-order valence-electron chi connectivity index (χ1n) is 14.8. The number of methoxy groups -OCH3 is 1. The molecular formula is C30H33N11O3S2. The molecule has 16 heteroatoms. The molecule has 1 fully saturated rings. The number of carbonyl (C=O) groups is 2. The first-order valence-corrected chi connectivity index (χ1v) is 16.5. The number of nitrogens with one attached hydrogen (secondary N) is 3. The van der Waals surface area contributed by atoms with E-state index in [2.05, 4.69) is 51.6 Å². The number of anilines is 4. The summed E-state index contributed by atoms with van der Waals surface area (Å²) in [5.41, 5.74) is 2.77. The number of benzene rings is 2. The molecule has 46 heavy (non-hydrogen) atoms. The molecule has 0 aliphatic carbocycles. The van der Waals surface area contributed by atoms with Crippen LogP contribution in [0.5, 0.6) is 5.75 Å². The first kappa shape index (κ1) is 31.0. The van der Waals surface area contributed by atoms with Crippen molar-refractivity contribution in [3.05, 3.63) is 77.6 Å². The monoisotopic (exact) mass is 659 g/mol. The van der Waals surface area contributed by atoms with Gasteiger partial charge in [-0.15, -0.1) is 25.5 Å². The summed E-state index contributed by atoms with van der Waals surface area (Å²) in [7, 11) is 1.64. The van der Waals surface area contributed by atoms with Crippen molar-refractivity contribution in [2.45, 2.75) is 44.7 Å². The van der Waals surface area contributed by atoms with E-state index in [1.807, 2.05) is 60.8 Å². The second-order valence-corrected chi connectivity index (χ2v) is 12.7. The van der Waals surface area contributed by atoms with Gasteiger partial charge in [0.05, 0.1) is 25.8 Å². The van der Waals surface area contributed by atoms with E-state index in [-0.39, 0.29) is 30.7 Å². The summed E-state index contributed by atoms with van der Waals surface area (Å²) >= 11 is 2.69. The van der Waals surface area contributed by atoms with Gasteiger partial charge in [-0.2, -0.15) is 0 Å². The Morgan fingerprint density at radius 3 is 2.35 bits per heavy atom. The minimum atomic E-state index is -0.150. The van der Waals surface area contributed by atoms with Crippen molar-refractivity contribution in [3.63, 3.8) is 0 Å². The lowest BCUT2D eigenvalue weighted by atomic mass is 10.1. The maximum atomic E-state index is 12.6. The molecule has 0 atom stereocenters. The van der Waals surface area contributed by atoms with E-state index >= 15 is 0 Å². The van der Waals surface area contributed by atoms with E-state index < -0.39 is 0 Å². The van der Waals surface area contributed by atoms with Crippen LogP contribution < -0.4 is 25.6 Å². The summed E-state index contributed by atoms with van der Waals surface area (Å²) in [5, 5.41) is 36.7. The Morgan fingerprint density at radius 2 is 1.57 bits per heavy atom. The van der Waals surface area contributed by atoms with Gasteiger partial charge >= 0.3 is 0 Å². The Morgan fingerprint density at radius 1 is 0.848 bits per heavy atom. The zero-order valence-electron chi connectivity index (χ0n) is 25.1. The van der Waals surface area contributed by atoms with Crippen LogP contribution in [0.4, 0.5) is 20.5 Å². The normalized spacial score (nSPS) is 13.4. The van der Waals surface area contributed by atoms with Gasteiger partial charge in [0, 0.05) is 38.2 Å². The van der Waals surface area contributed by atoms with Crippen molar-refractivity contribution in [2.75, 3.05) is 41.0 Å². The van der Waals surface area contributed by atoms with E-state index in [0.717, 1.165) is 53.6 Å². The van der Waals surface area contributed by atoms with Crippen LogP contribution in [0, 0.1) is 0 Å². The molecule has 0 bridgehead atoms. The number of aryl methyl sites for hydroxylation is 1. The number of hydrogen-bond acceptors (Lipinski definition) is 13. The smallest absolute Gasteiger partial charge is 0.230 e. The molecule has 3 N–H and O–H groups in total. The van der Waals surface area contributed by atoms with Crippen LogP contribution in [-0.4, -0.2) is 73.4 Å². The van der Waals surface area contributed by atoms with Gasteiger partial charge in [-0.1, -0.05) is 70.4 Å². The Hall–Kier alpha value is -4.96. The largest absolute Gasteiger partial charge is 0.497 e. The zero-order chi connectivity index (χ0) is 31.7. The highest BCUT2D eigenvalue weighted by Gasteiger charge is 2.23. The van der Waals surface area contributed by atoms with Gasteiger partial charge in [0.25, 0.3) is 0 Å². The number of piperidine rings is 1. The molecule has 1 aliphatic rings. The molecule has 0 radical (unpaired) electrons. The predicted octanol–water partition coefficient (Wildman–Crippen LogP) is 3.87. The van der Waals surface area contributed by atoms with Gasteiger partial charge in [0.15, 0.2) is 0 Å². The molecule has 5 aromatic rings. The molecule has 1 saturated heterocycles.